The van der Waals surface area contributed by atoms with E-state index < -0.39 is 0 Å². The molecule has 1 aliphatic carbocycles. The highest BCUT2D eigenvalue weighted by Crippen LogP contribution is 2.27. The topological polar surface area (TPSA) is 20.3 Å². The average molecular weight is 314 g/mol. The maximum atomic E-state index is 12.3. The molecule has 0 aromatic heterocycles. The summed E-state index contributed by atoms with van der Waals surface area (Å²) >= 11 is 12.0. The van der Waals surface area contributed by atoms with Crippen LogP contribution in [0, 0.1) is 5.92 Å². The molecule has 0 N–H and O–H groups in total. The highest BCUT2D eigenvalue weighted by atomic mass is 35.5. The third-order valence-electron chi connectivity index (χ3n) is 4.16. The SMILES string of the molecule is CC1CCCC(N(C)CC(=O)c2ccc(Cl)cc2Cl)C1. The molecule has 0 radical (unpaired) electrons. The second-order valence-corrected chi connectivity index (χ2v) is 6.73. The van der Waals surface area contributed by atoms with Crippen LogP contribution in [-0.4, -0.2) is 30.3 Å². The Morgan fingerprint density at radius 1 is 1.35 bits per heavy atom. The van der Waals surface area contributed by atoms with Gasteiger partial charge in [0.1, 0.15) is 0 Å². The number of carbonyl (C=O) groups is 1. The lowest BCUT2D eigenvalue weighted by Gasteiger charge is -2.33. The molecule has 2 nitrogen and oxygen atoms in total. The highest BCUT2D eigenvalue weighted by Gasteiger charge is 2.24. The van der Waals surface area contributed by atoms with E-state index in [0.717, 1.165) is 5.92 Å². The largest absolute Gasteiger partial charge is 0.296 e. The number of Topliss-reactive ketones (excluding diaryl/α,β-unsaturated/α-hetero) is 1. The molecule has 0 amide bonds. The lowest BCUT2D eigenvalue weighted by Crippen LogP contribution is -2.38. The molecule has 2 rings (SSSR count). The number of nitrogens with zero attached hydrogens (tertiary/aromatic N) is 1. The van der Waals surface area contributed by atoms with Crippen LogP contribution in [0.3, 0.4) is 0 Å². The molecule has 0 bridgehead atoms. The van der Waals surface area contributed by atoms with Crippen molar-refractivity contribution in [3.05, 3.63) is 33.8 Å². The highest BCUT2D eigenvalue weighted by molar-refractivity contribution is 6.36. The quantitative estimate of drug-likeness (QED) is 0.752. The minimum atomic E-state index is 0.0624. The van der Waals surface area contributed by atoms with E-state index in [1.807, 2.05) is 7.05 Å². The molecule has 0 spiro atoms. The lowest BCUT2D eigenvalue weighted by molar-refractivity contribution is 0.0882. The Bertz CT molecular complexity index is 489. The number of benzene rings is 1. The zero-order valence-corrected chi connectivity index (χ0v) is 13.5. The molecule has 0 saturated heterocycles. The number of rotatable bonds is 4. The maximum absolute atomic E-state index is 12.3. The summed E-state index contributed by atoms with van der Waals surface area (Å²) in [6, 6.07) is 5.56. The van der Waals surface area contributed by atoms with Crippen LogP contribution >= 0.6 is 23.2 Å². The molecule has 110 valence electrons. The van der Waals surface area contributed by atoms with Crippen molar-refractivity contribution >= 4 is 29.0 Å². The fourth-order valence-corrected chi connectivity index (χ4v) is 3.47. The molecule has 1 aromatic carbocycles. The van der Waals surface area contributed by atoms with Gasteiger partial charge in [-0.15, -0.1) is 0 Å². The van der Waals surface area contributed by atoms with Crippen LogP contribution in [-0.2, 0) is 0 Å². The van der Waals surface area contributed by atoms with E-state index in [4.69, 9.17) is 23.2 Å². The normalized spacial score (nSPS) is 23.1. The van der Waals surface area contributed by atoms with Crippen molar-refractivity contribution in [2.45, 2.75) is 38.6 Å². The van der Waals surface area contributed by atoms with E-state index in [1.54, 1.807) is 18.2 Å². The fourth-order valence-electron chi connectivity index (χ4n) is 2.96. The Labute approximate surface area is 131 Å². The molecule has 1 aromatic rings. The molecular formula is C16H21Cl2NO. The summed E-state index contributed by atoms with van der Waals surface area (Å²) in [5, 5.41) is 0.994. The van der Waals surface area contributed by atoms with Crippen molar-refractivity contribution in [1.29, 1.82) is 0 Å². The number of carbonyl (C=O) groups excluding carboxylic acids is 1. The molecule has 20 heavy (non-hydrogen) atoms. The number of hydrogen-bond donors (Lipinski definition) is 0. The summed E-state index contributed by atoms with van der Waals surface area (Å²) < 4.78 is 0. The maximum Gasteiger partial charge on any atom is 0.178 e. The number of halogens is 2. The summed E-state index contributed by atoms with van der Waals surface area (Å²) in [5.74, 6) is 0.817. The van der Waals surface area contributed by atoms with Gasteiger partial charge in [0.15, 0.2) is 5.78 Å². The van der Waals surface area contributed by atoms with Crippen LogP contribution in [0.25, 0.3) is 0 Å². The number of hydrogen-bond acceptors (Lipinski definition) is 2. The van der Waals surface area contributed by atoms with Gasteiger partial charge >= 0.3 is 0 Å². The zero-order valence-electron chi connectivity index (χ0n) is 12.0. The number of likely N-dealkylation sites (N-methyl/N-ethyl adjacent to an activating group) is 1. The molecule has 1 fully saturated rings. The van der Waals surface area contributed by atoms with Crippen LogP contribution in [0.15, 0.2) is 18.2 Å². The molecule has 1 saturated carbocycles. The second kappa shape index (κ2) is 6.93. The molecule has 0 aliphatic heterocycles. The van der Waals surface area contributed by atoms with E-state index in [0.29, 0.717) is 28.2 Å². The Morgan fingerprint density at radius 2 is 2.10 bits per heavy atom. The molecule has 2 atom stereocenters. The Hall–Kier alpha value is -0.570. The van der Waals surface area contributed by atoms with Gasteiger partial charge in [0.25, 0.3) is 0 Å². The molecular weight excluding hydrogens is 293 g/mol. The van der Waals surface area contributed by atoms with Crippen molar-refractivity contribution in [3.8, 4) is 0 Å². The summed E-state index contributed by atoms with van der Waals surface area (Å²) in [7, 11) is 2.03. The second-order valence-electron chi connectivity index (χ2n) is 5.89. The average Bonchev–Trinajstić information content (AvgIpc) is 2.38. The summed E-state index contributed by atoms with van der Waals surface area (Å²) in [4.78, 5) is 14.5. The van der Waals surface area contributed by atoms with Crippen LogP contribution in [0.2, 0.25) is 10.0 Å². The van der Waals surface area contributed by atoms with E-state index in [2.05, 4.69) is 11.8 Å². The van der Waals surface area contributed by atoms with E-state index >= 15 is 0 Å². The van der Waals surface area contributed by atoms with Crippen LogP contribution in [0.4, 0.5) is 0 Å². The molecule has 0 heterocycles. The van der Waals surface area contributed by atoms with E-state index in [1.165, 1.54) is 25.7 Å². The van der Waals surface area contributed by atoms with Gasteiger partial charge in [-0.25, -0.2) is 0 Å². The first-order valence-corrected chi connectivity index (χ1v) is 7.91. The fraction of sp³-hybridized carbons (Fsp3) is 0.562. The third-order valence-corrected chi connectivity index (χ3v) is 4.70. The molecule has 1 aliphatic rings. The first-order chi connectivity index (χ1) is 9.47. The van der Waals surface area contributed by atoms with Gasteiger partial charge in [0.05, 0.1) is 11.6 Å². The smallest absolute Gasteiger partial charge is 0.178 e. The minimum absolute atomic E-state index is 0.0624. The van der Waals surface area contributed by atoms with Crippen molar-refractivity contribution < 1.29 is 4.79 Å². The van der Waals surface area contributed by atoms with Crippen LogP contribution < -0.4 is 0 Å². The zero-order chi connectivity index (χ0) is 14.7. The predicted molar refractivity (Wildman–Crippen MR) is 84.8 cm³/mol. The van der Waals surface area contributed by atoms with Crippen molar-refractivity contribution in [1.82, 2.24) is 4.90 Å². The summed E-state index contributed by atoms with van der Waals surface area (Å²) in [6.07, 6.45) is 4.92. The predicted octanol–water partition coefficient (Wildman–Crippen LogP) is 4.69. The lowest BCUT2D eigenvalue weighted by atomic mass is 9.86. The minimum Gasteiger partial charge on any atom is -0.296 e. The van der Waals surface area contributed by atoms with Crippen LogP contribution in [0.5, 0.6) is 0 Å². The van der Waals surface area contributed by atoms with Gasteiger partial charge in [-0.2, -0.15) is 0 Å². The Morgan fingerprint density at radius 3 is 2.75 bits per heavy atom. The van der Waals surface area contributed by atoms with Gasteiger partial charge < -0.3 is 0 Å². The van der Waals surface area contributed by atoms with Gasteiger partial charge in [-0.3, -0.25) is 9.69 Å². The Kier molecular flexibility index (Phi) is 5.48. The van der Waals surface area contributed by atoms with E-state index in [-0.39, 0.29) is 5.78 Å². The first kappa shape index (κ1) is 15.8. The van der Waals surface area contributed by atoms with Gasteiger partial charge in [0.2, 0.25) is 0 Å². The van der Waals surface area contributed by atoms with Crippen molar-refractivity contribution in [2.75, 3.05) is 13.6 Å². The van der Waals surface area contributed by atoms with Gasteiger partial charge in [-0.05, 0) is 44.0 Å². The Balaban J connectivity index is 1.99. The van der Waals surface area contributed by atoms with Gasteiger partial charge in [-0.1, -0.05) is 43.0 Å². The monoisotopic (exact) mass is 313 g/mol. The first-order valence-electron chi connectivity index (χ1n) is 7.16. The van der Waals surface area contributed by atoms with E-state index in [9.17, 15) is 4.79 Å². The molecule has 2 unspecified atom stereocenters. The standard InChI is InChI=1S/C16H21Cl2NO/c1-11-4-3-5-13(8-11)19(2)10-16(20)14-7-6-12(17)9-15(14)18/h6-7,9,11,13H,3-5,8,10H2,1-2H3. The van der Waals surface area contributed by atoms with Crippen molar-refractivity contribution in [3.63, 3.8) is 0 Å². The number of ketones is 1. The summed E-state index contributed by atoms with van der Waals surface area (Å²) in [6.45, 7) is 2.70. The van der Waals surface area contributed by atoms with Gasteiger partial charge in [0, 0.05) is 16.6 Å². The third kappa shape index (κ3) is 3.97. The summed E-state index contributed by atoms with van der Waals surface area (Å²) in [5.41, 5.74) is 0.562. The van der Waals surface area contributed by atoms with Crippen molar-refractivity contribution in [2.24, 2.45) is 5.92 Å². The van der Waals surface area contributed by atoms with Crippen LogP contribution in [0.1, 0.15) is 43.0 Å². The molecule has 4 heteroatoms.